The molecule has 0 saturated carbocycles. The number of nitrogens with one attached hydrogen (secondary N) is 1. The van der Waals surface area contributed by atoms with Gasteiger partial charge in [0, 0.05) is 17.4 Å². The van der Waals surface area contributed by atoms with Gasteiger partial charge in [-0.15, -0.1) is 0 Å². The smallest absolute Gasteiger partial charge is 0.278 e. The van der Waals surface area contributed by atoms with Crippen molar-refractivity contribution in [2.24, 2.45) is 0 Å². The third-order valence-corrected chi connectivity index (χ3v) is 5.32. The third-order valence-electron chi connectivity index (χ3n) is 5.32. The zero-order chi connectivity index (χ0) is 20.6. The zero-order valence-corrected chi connectivity index (χ0v) is 17.3. The van der Waals surface area contributed by atoms with Crippen molar-refractivity contribution in [1.82, 2.24) is 9.97 Å². The van der Waals surface area contributed by atoms with Crippen LogP contribution < -0.4 is 10.2 Å². The second-order valence-electron chi connectivity index (χ2n) is 8.60. The molecule has 0 radical (unpaired) electrons. The SMILES string of the molecule is CC1Cc2ccccc2N1C(=O)c1cnc(Nc2ccc(C(C)(C)C)cc2)cn1. The number of hydrogen-bond acceptors (Lipinski definition) is 4. The van der Waals surface area contributed by atoms with Crippen molar-refractivity contribution in [2.45, 2.75) is 45.6 Å². The van der Waals surface area contributed by atoms with E-state index in [2.05, 4.69) is 61.2 Å². The van der Waals surface area contributed by atoms with Gasteiger partial charge in [-0.1, -0.05) is 51.1 Å². The number of benzene rings is 2. The van der Waals surface area contributed by atoms with Gasteiger partial charge in [-0.3, -0.25) is 4.79 Å². The number of fused-ring (bicyclic) bond motifs is 1. The number of nitrogens with zero attached hydrogens (tertiary/aromatic N) is 3. The normalized spacial score (nSPS) is 15.9. The van der Waals surface area contributed by atoms with Crippen molar-refractivity contribution in [2.75, 3.05) is 10.2 Å². The summed E-state index contributed by atoms with van der Waals surface area (Å²) in [7, 11) is 0. The summed E-state index contributed by atoms with van der Waals surface area (Å²) in [4.78, 5) is 23.6. The number of aromatic nitrogens is 2. The van der Waals surface area contributed by atoms with E-state index < -0.39 is 0 Å². The maximum absolute atomic E-state index is 13.0. The summed E-state index contributed by atoms with van der Waals surface area (Å²) in [5.74, 6) is 0.496. The molecule has 0 aliphatic carbocycles. The van der Waals surface area contributed by atoms with E-state index in [0.29, 0.717) is 11.5 Å². The van der Waals surface area contributed by atoms with Crippen molar-refractivity contribution in [3.8, 4) is 0 Å². The van der Waals surface area contributed by atoms with E-state index in [9.17, 15) is 4.79 Å². The molecule has 0 fully saturated rings. The highest BCUT2D eigenvalue weighted by molar-refractivity contribution is 6.06. The minimum atomic E-state index is -0.115. The van der Waals surface area contributed by atoms with Crippen LogP contribution in [0.4, 0.5) is 17.2 Å². The van der Waals surface area contributed by atoms with Gasteiger partial charge in [0.15, 0.2) is 0 Å². The average molecular weight is 386 g/mol. The zero-order valence-electron chi connectivity index (χ0n) is 17.3. The molecule has 1 aliphatic heterocycles. The minimum Gasteiger partial charge on any atom is -0.339 e. The van der Waals surface area contributed by atoms with Crippen LogP contribution in [0.3, 0.4) is 0 Å². The second-order valence-corrected chi connectivity index (χ2v) is 8.60. The first-order valence-corrected chi connectivity index (χ1v) is 9.94. The summed E-state index contributed by atoms with van der Waals surface area (Å²) in [6, 6.07) is 16.4. The van der Waals surface area contributed by atoms with Gasteiger partial charge in [0.05, 0.1) is 12.4 Å². The van der Waals surface area contributed by atoms with Crippen LogP contribution in [0.1, 0.15) is 49.3 Å². The summed E-state index contributed by atoms with van der Waals surface area (Å²) in [6.07, 6.45) is 4.01. The van der Waals surface area contributed by atoms with Crippen LogP contribution in [0.25, 0.3) is 0 Å². The molecule has 5 heteroatoms. The van der Waals surface area contributed by atoms with Gasteiger partial charge in [0.25, 0.3) is 5.91 Å². The molecule has 0 spiro atoms. The topological polar surface area (TPSA) is 58.1 Å². The maximum Gasteiger partial charge on any atom is 0.278 e. The summed E-state index contributed by atoms with van der Waals surface area (Å²) in [5.41, 5.74) is 4.84. The number of hydrogen-bond donors (Lipinski definition) is 1. The van der Waals surface area contributed by atoms with E-state index in [-0.39, 0.29) is 17.4 Å². The predicted molar refractivity (Wildman–Crippen MR) is 117 cm³/mol. The van der Waals surface area contributed by atoms with Crippen LogP contribution in [0.5, 0.6) is 0 Å². The lowest BCUT2D eigenvalue weighted by Gasteiger charge is -2.22. The Bertz CT molecular complexity index is 1020. The quantitative estimate of drug-likeness (QED) is 0.680. The van der Waals surface area contributed by atoms with E-state index in [4.69, 9.17) is 0 Å². The Morgan fingerprint density at radius 3 is 2.41 bits per heavy atom. The average Bonchev–Trinajstić information content (AvgIpc) is 3.03. The molecule has 5 nitrogen and oxygen atoms in total. The number of rotatable bonds is 3. The molecule has 1 amide bonds. The van der Waals surface area contributed by atoms with Crippen LogP contribution in [0, 0.1) is 0 Å². The molecule has 1 aliphatic rings. The lowest BCUT2D eigenvalue weighted by Crippen LogP contribution is -2.36. The first-order chi connectivity index (χ1) is 13.8. The Hall–Kier alpha value is -3.21. The summed E-state index contributed by atoms with van der Waals surface area (Å²) >= 11 is 0. The second kappa shape index (κ2) is 7.32. The first-order valence-electron chi connectivity index (χ1n) is 9.94. The van der Waals surface area contributed by atoms with E-state index in [1.54, 1.807) is 12.4 Å². The monoisotopic (exact) mass is 386 g/mol. The predicted octanol–water partition coefficient (Wildman–Crippen LogP) is 5.11. The van der Waals surface area contributed by atoms with Crippen molar-refractivity contribution < 1.29 is 4.79 Å². The number of carbonyl (C=O) groups is 1. The fraction of sp³-hybridized carbons (Fsp3) is 0.292. The molecule has 1 aromatic heterocycles. The van der Waals surface area contributed by atoms with E-state index >= 15 is 0 Å². The summed E-state index contributed by atoms with van der Waals surface area (Å²) in [5, 5.41) is 3.24. The third kappa shape index (κ3) is 3.86. The fourth-order valence-electron chi connectivity index (χ4n) is 3.70. The molecule has 0 saturated heterocycles. The first kappa shape index (κ1) is 19.1. The maximum atomic E-state index is 13.0. The Kier molecular flexibility index (Phi) is 4.82. The standard InChI is InChI=1S/C24H26N4O/c1-16-13-17-7-5-6-8-21(17)28(16)23(29)20-14-26-22(15-25-20)27-19-11-9-18(10-12-19)24(2,3)4/h5-12,14-16H,13H2,1-4H3,(H,26,27). The van der Waals surface area contributed by atoms with Gasteiger partial charge < -0.3 is 10.2 Å². The van der Waals surface area contributed by atoms with Gasteiger partial charge in [-0.2, -0.15) is 0 Å². The van der Waals surface area contributed by atoms with Gasteiger partial charge >= 0.3 is 0 Å². The van der Waals surface area contributed by atoms with Crippen LogP contribution in [0.2, 0.25) is 0 Å². The largest absolute Gasteiger partial charge is 0.339 e. The van der Waals surface area contributed by atoms with Crippen molar-refractivity contribution in [3.63, 3.8) is 0 Å². The van der Waals surface area contributed by atoms with Crippen LogP contribution in [0.15, 0.2) is 60.9 Å². The highest BCUT2D eigenvalue weighted by atomic mass is 16.2. The highest BCUT2D eigenvalue weighted by Gasteiger charge is 2.31. The molecule has 0 bridgehead atoms. The Labute approximate surface area is 171 Å². The molecule has 1 N–H and O–H groups in total. The van der Waals surface area contributed by atoms with Gasteiger partial charge in [0.1, 0.15) is 11.5 Å². The van der Waals surface area contributed by atoms with E-state index in [1.165, 1.54) is 11.1 Å². The lowest BCUT2D eigenvalue weighted by atomic mass is 9.87. The molecule has 29 heavy (non-hydrogen) atoms. The van der Waals surface area contributed by atoms with E-state index in [1.807, 2.05) is 35.2 Å². The lowest BCUT2D eigenvalue weighted by molar-refractivity contribution is 0.0976. The number of carbonyl (C=O) groups excluding carboxylic acids is 1. The van der Waals surface area contributed by atoms with Crippen molar-refractivity contribution >= 4 is 23.1 Å². The number of para-hydroxylation sites is 1. The molecule has 2 heterocycles. The Balaban J connectivity index is 1.49. The molecule has 1 atom stereocenters. The summed E-state index contributed by atoms with van der Waals surface area (Å²) in [6.45, 7) is 8.63. The van der Waals surface area contributed by atoms with Crippen LogP contribution >= 0.6 is 0 Å². The van der Waals surface area contributed by atoms with E-state index in [0.717, 1.165) is 17.8 Å². The fourth-order valence-corrected chi connectivity index (χ4v) is 3.70. The van der Waals surface area contributed by atoms with Gasteiger partial charge in [-0.25, -0.2) is 9.97 Å². The van der Waals surface area contributed by atoms with Crippen LogP contribution in [-0.2, 0) is 11.8 Å². The number of amides is 1. The highest BCUT2D eigenvalue weighted by Crippen LogP contribution is 2.32. The van der Waals surface area contributed by atoms with Crippen LogP contribution in [-0.4, -0.2) is 21.9 Å². The molecular formula is C24H26N4O. The Morgan fingerprint density at radius 2 is 1.76 bits per heavy atom. The summed E-state index contributed by atoms with van der Waals surface area (Å²) < 4.78 is 0. The minimum absolute atomic E-state index is 0.112. The van der Waals surface area contributed by atoms with Gasteiger partial charge in [0.2, 0.25) is 0 Å². The molecular weight excluding hydrogens is 360 g/mol. The molecule has 148 valence electrons. The molecule has 3 aromatic rings. The molecule has 1 unspecified atom stereocenters. The Morgan fingerprint density at radius 1 is 1.03 bits per heavy atom. The molecule has 4 rings (SSSR count). The van der Waals surface area contributed by atoms with Crippen molar-refractivity contribution in [3.05, 3.63) is 77.7 Å². The van der Waals surface area contributed by atoms with Gasteiger partial charge in [-0.05, 0) is 48.1 Å². The van der Waals surface area contributed by atoms with Crippen molar-refractivity contribution in [1.29, 1.82) is 0 Å². The number of anilines is 3. The molecule has 2 aromatic carbocycles.